The zero-order valence-electron chi connectivity index (χ0n) is 12.5. The Bertz CT molecular complexity index is 515. The lowest BCUT2D eigenvalue weighted by molar-refractivity contribution is 0.180. The normalized spacial score (nSPS) is 13.7. The molecule has 0 saturated heterocycles. The Morgan fingerprint density at radius 2 is 1.95 bits per heavy atom. The van der Waals surface area contributed by atoms with E-state index in [4.69, 9.17) is 4.74 Å². The quantitative estimate of drug-likeness (QED) is 0.763. The molecule has 0 aliphatic heterocycles. The minimum atomic E-state index is -3.50. The summed E-state index contributed by atoms with van der Waals surface area (Å²) in [7, 11) is -1.96. The van der Waals surface area contributed by atoms with E-state index < -0.39 is 10.0 Å². The fourth-order valence-electron chi connectivity index (χ4n) is 1.76. The molecular formula is C14H24N2O3S. The molecule has 6 heteroatoms. The molecule has 0 saturated carbocycles. The molecule has 1 rings (SSSR count). The number of hydrogen-bond donors (Lipinski definition) is 2. The Kier molecular flexibility index (Phi) is 6.61. The average Bonchev–Trinajstić information content (AvgIpc) is 2.36. The molecule has 114 valence electrons. The van der Waals surface area contributed by atoms with E-state index in [0.29, 0.717) is 19.2 Å². The minimum Gasteiger partial charge on any atom is -0.383 e. The third kappa shape index (κ3) is 5.58. The van der Waals surface area contributed by atoms with Crippen molar-refractivity contribution < 1.29 is 13.2 Å². The Morgan fingerprint density at radius 1 is 1.25 bits per heavy atom. The van der Waals surface area contributed by atoms with E-state index in [-0.39, 0.29) is 10.9 Å². The lowest BCUT2D eigenvalue weighted by atomic mass is 10.2. The Hall–Kier alpha value is -0.950. The SMILES string of the molecule is COCC(C)NS(=O)(=O)c1cccc(CNC(C)C)c1. The van der Waals surface area contributed by atoms with Crippen molar-refractivity contribution in [2.24, 2.45) is 0 Å². The van der Waals surface area contributed by atoms with E-state index in [1.807, 2.05) is 6.07 Å². The Morgan fingerprint density at radius 3 is 2.55 bits per heavy atom. The third-order valence-corrected chi connectivity index (χ3v) is 4.28. The Labute approximate surface area is 121 Å². The summed E-state index contributed by atoms with van der Waals surface area (Å²) >= 11 is 0. The first kappa shape index (κ1) is 17.1. The van der Waals surface area contributed by atoms with Crippen LogP contribution in [0, 0.1) is 0 Å². The second-order valence-electron chi connectivity index (χ2n) is 5.16. The van der Waals surface area contributed by atoms with Gasteiger partial charge in [0.05, 0.1) is 11.5 Å². The van der Waals surface area contributed by atoms with E-state index in [2.05, 4.69) is 23.9 Å². The van der Waals surface area contributed by atoms with Crippen LogP contribution < -0.4 is 10.0 Å². The van der Waals surface area contributed by atoms with Crippen molar-refractivity contribution in [1.82, 2.24) is 10.0 Å². The van der Waals surface area contributed by atoms with Crippen LogP contribution in [0.3, 0.4) is 0 Å². The fraction of sp³-hybridized carbons (Fsp3) is 0.571. The first-order valence-corrected chi connectivity index (χ1v) is 8.17. The smallest absolute Gasteiger partial charge is 0.240 e. The predicted octanol–water partition coefficient (Wildman–Crippen LogP) is 1.50. The number of rotatable bonds is 8. The maximum Gasteiger partial charge on any atom is 0.240 e. The molecule has 1 unspecified atom stereocenters. The van der Waals surface area contributed by atoms with E-state index >= 15 is 0 Å². The average molecular weight is 300 g/mol. The van der Waals surface area contributed by atoms with Crippen LogP contribution in [0.5, 0.6) is 0 Å². The van der Waals surface area contributed by atoms with Gasteiger partial charge in [-0.1, -0.05) is 26.0 Å². The van der Waals surface area contributed by atoms with Gasteiger partial charge in [-0.2, -0.15) is 0 Å². The summed E-state index contributed by atoms with van der Waals surface area (Å²) in [6, 6.07) is 7.05. The van der Waals surface area contributed by atoms with Crippen LogP contribution in [0.4, 0.5) is 0 Å². The molecule has 0 amide bonds. The maximum absolute atomic E-state index is 12.2. The lowest BCUT2D eigenvalue weighted by Crippen LogP contribution is -2.35. The van der Waals surface area contributed by atoms with Crippen LogP contribution in [-0.2, 0) is 21.3 Å². The van der Waals surface area contributed by atoms with Gasteiger partial charge < -0.3 is 10.1 Å². The zero-order chi connectivity index (χ0) is 15.2. The number of ether oxygens (including phenoxy) is 1. The minimum absolute atomic E-state index is 0.262. The number of methoxy groups -OCH3 is 1. The van der Waals surface area contributed by atoms with Gasteiger partial charge in [0.2, 0.25) is 10.0 Å². The van der Waals surface area contributed by atoms with Crippen molar-refractivity contribution in [1.29, 1.82) is 0 Å². The van der Waals surface area contributed by atoms with Crippen LogP contribution in [0.15, 0.2) is 29.2 Å². The molecule has 0 aromatic heterocycles. The van der Waals surface area contributed by atoms with Gasteiger partial charge in [0.15, 0.2) is 0 Å². The van der Waals surface area contributed by atoms with Crippen molar-refractivity contribution in [3.05, 3.63) is 29.8 Å². The van der Waals surface area contributed by atoms with Crippen LogP contribution >= 0.6 is 0 Å². The van der Waals surface area contributed by atoms with Gasteiger partial charge >= 0.3 is 0 Å². The first-order chi connectivity index (χ1) is 9.35. The van der Waals surface area contributed by atoms with Gasteiger partial charge in [0.1, 0.15) is 0 Å². The monoisotopic (exact) mass is 300 g/mol. The van der Waals surface area contributed by atoms with Crippen LogP contribution in [0.2, 0.25) is 0 Å². The molecule has 0 bridgehead atoms. The molecule has 0 aliphatic carbocycles. The maximum atomic E-state index is 12.2. The summed E-state index contributed by atoms with van der Waals surface area (Å²) in [5.74, 6) is 0. The van der Waals surface area contributed by atoms with E-state index in [9.17, 15) is 8.42 Å². The number of benzene rings is 1. The summed E-state index contributed by atoms with van der Waals surface area (Å²) in [5, 5.41) is 3.27. The molecule has 0 heterocycles. The standard InChI is InChI=1S/C14H24N2O3S/c1-11(2)15-9-13-6-5-7-14(8-13)20(17,18)16-12(3)10-19-4/h5-8,11-12,15-16H,9-10H2,1-4H3. The molecule has 5 nitrogen and oxygen atoms in total. The fourth-order valence-corrected chi connectivity index (χ4v) is 3.06. The van der Waals surface area contributed by atoms with Gasteiger partial charge in [-0.3, -0.25) is 0 Å². The van der Waals surface area contributed by atoms with Crippen molar-refractivity contribution in [2.45, 2.75) is 44.3 Å². The van der Waals surface area contributed by atoms with Gasteiger partial charge in [0, 0.05) is 25.7 Å². The second-order valence-corrected chi connectivity index (χ2v) is 6.87. The molecule has 0 radical (unpaired) electrons. The lowest BCUT2D eigenvalue weighted by Gasteiger charge is -2.14. The molecule has 20 heavy (non-hydrogen) atoms. The molecule has 1 aromatic rings. The van der Waals surface area contributed by atoms with Gasteiger partial charge in [0.25, 0.3) is 0 Å². The molecule has 0 fully saturated rings. The first-order valence-electron chi connectivity index (χ1n) is 6.68. The van der Waals surface area contributed by atoms with Crippen molar-refractivity contribution in [3.8, 4) is 0 Å². The third-order valence-electron chi connectivity index (χ3n) is 2.70. The molecule has 1 atom stereocenters. The summed E-state index contributed by atoms with van der Waals surface area (Å²) in [4.78, 5) is 0.281. The molecule has 0 spiro atoms. The highest BCUT2D eigenvalue weighted by atomic mass is 32.2. The van der Waals surface area contributed by atoms with Gasteiger partial charge in [-0.05, 0) is 24.6 Å². The number of hydrogen-bond acceptors (Lipinski definition) is 4. The van der Waals surface area contributed by atoms with E-state index in [0.717, 1.165) is 5.56 Å². The summed E-state index contributed by atoms with van der Waals surface area (Å²) in [6.45, 7) is 6.86. The van der Waals surface area contributed by atoms with Gasteiger partial charge in [-0.25, -0.2) is 13.1 Å². The molecular weight excluding hydrogens is 276 g/mol. The summed E-state index contributed by atoms with van der Waals surface area (Å²) in [5.41, 5.74) is 0.945. The summed E-state index contributed by atoms with van der Waals surface area (Å²) < 4.78 is 32.0. The highest BCUT2D eigenvalue weighted by molar-refractivity contribution is 7.89. The van der Waals surface area contributed by atoms with Gasteiger partial charge in [-0.15, -0.1) is 0 Å². The highest BCUT2D eigenvalue weighted by Gasteiger charge is 2.17. The number of nitrogens with one attached hydrogen (secondary N) is 2. The van der Waals surface area contributed by atoms with Crippen molar-refractivity contribution >= 4 is 10.0 Å². The van der Waals surface area contributed by atoms with Crippen LogP contribution in [-0.4, -0.2) is 34.2 Å². The van der Waals surface area contributed by atoms with Crippen molar-refractivity contribution in [3.63, 3.8) is 0 Å². The van der Waals surface area contributed by atoms with Crippen LogP contribution in [0.1, 0.15) is 26.3 Å². The summed E-state index contributed by atoms with van der Waals surface area (Å²) in [6.07, 6.45) is 0. The van der Waals surface area contributed by atoms with E-state index in [1.54, 1.807) is 32.2 Å². The molecule has 0 aliphatic rings. The zero-order valence-corrected chi connectivity index (χ0v) is 13.3. The Balaban J connectivity index is 2.82. The predicted molar refractivity (Wildman–Crippen MR) is 80.1 cm³/mol. The molecule has 2 N–H and O–H groups in total. The van der Waals surface area contributed by atoms with Crippen LogP contribution in [0.25, 0.3) is 0 Å². The topological polar surface area (TPSA) is 67.4 Å². The van der Waals surface area contributed by atoms with E-state index in [1.165, 1.54) is 0 Å². The molecule has 1 aromatic carbocycles. The number of sulfonamides is 1. The second kappa shape index (κ2) is 7.73. The van der Waals surface area contributed by atoms with Crippen molar-refractivity contribution in [2.75, 3.05) is 13.7 Å². The largest absolute Gasteiger partial charge is 0.383 e. The highest BCUT2D eigenvalue weighted by Crippen LogP contribution is 2.12.